The molecule has 0 unspecified atom stereocenters. The van der Waals surface area contributed by atoms with Crippen molar-refractivity contribution in [3.8, 4) is 0 Å². The molecule has 3 N–H and O–H groups in total. The molecule has 4 heteroatoms. The number of thioether (sulfide) groups is 1. The van der Waals surface area contributed by atoms with Crippen molar-refractivity contribution in [2.24, 2.45) is 5.73 Å². The zero-order valence-electron chi connectivity index (χ0n) is 7.45. The van der Waals surface area contributed by atoms with Gasteiger partial charge in [-0.15, -0.1) is 0 Å². The van der Waals surface area contributed by atoms with Gasteiger partial charge >= 0.3 is 5.97 Å². The van der Waals surface area contributed by atoms with E-state index in [2.05, 4.69) is 6.92 Å². The summed E-state index contributed by atoms with van der Waals surface area (Å²) >= 11 is 1.88. The molecule has 0 aliphatic heterocycles. The lowest BCUT2D eigenvalue weighted by molar-refractivity contribution is -0.138. The van der Waals surface area contributed by atoms with Crippen molar-refractivity contribution in [2.75, 3.05) is 11.5 Å². The summed E-state index contributed by atoms with van der Waals surface area (Å²) in [6.07, 6.45) is 2.58. The summed E-state index contributed by atoms with van der Waals surface area (Å²) in [5.74, 6) is 1.35. The molecule has 0 radical (unpaired) electrons. The molecule has 0 aliphatic carbocycles. The summed E-state index contributed by atoms with van der Waals surface area (Å²) in [4.78, 5) is 10.3. The Labute approximate surface area is 77.7 Å². The third kappa shape index (κ3) is 6.49. The standard InChI is InChI=1S/C8H17NO2S/c1-2-12-6-4-3-5-7(9)8(10)11/h7H,2-6,9H2,1H3,(H,10,11)/t7-/m0/s1. The van der Waals surface area contributed by atoms with E-state index in [-0.39, 0.29) is 0 Å². The minimum absolute atomic E-state index is 0.597. The summed E-state index contributed by atoms with van der Waals surface area (Å²) < 4.78 is 0. The Hall–Kier alpha value is -0.220. The Morgan fingerprint density at radius 2 is 2.25 bits per heavy atom. The molecular formula is C8H17NO2S. The zero-order valence-corrected chi connectivity index (χ0v) is 8.27. The van der Waals surface area contributed by atoms with Crippen LogP contribution in [0.25, 0.3) is 0 Å². The van der Waals surface area contributed by atoms with Gasteiger partial charge in [-0.05, 0) is 24.3 Å². The van der Waals surface area contributed by atoms with Crippen molar-refractivity contribution in [1.82, 2.24) is 0 Å². The minimum atomic E-state index is -0.891. The van der Waals surface area contributed by atoms with E-state index < -0.39 is 12.0 Å². The Morgan fingerprint density at radius 1 is 1.58 bits per heavy atom. The predicted octanol–water partition coefficient (Wildman–Crippen LogP) is 1.32. The number of aliphatic carboxylic acids is 1. The molecule has 12 heavy (non-hydrogen) atoms. The number of carboxylic acids is 1. The maximum Gasteiger partial charge on any atom is 0.320 e. The molecule has 0 bridgehead atoms. The number of hydrogen-bond acceptors (Lipinski definition) is 3. The summed E-state index contributed by atoms with van der Waals surface area (Å²) in [6, 6.07) is -0.670. The zero-order chi connectivity index (χ0) is 9.40. The van der Waals surface area contributed by atoms with Gasteiger partial charge in [-0.25, -0.2) is 0 Å². The average molecular weight is 191 g/mol. The molecule has 0 amide bonds. The lowest BCUT2D eigenvalue weighted by Crippen LogP contribution is -2.29. The fraction of sp³-hybridized carbons (Fsp3) is 0.875. The van der Waals surface area contributed by atoms with E-state index in [1.54, 1.807) is 0 Å². The highest BCUT2D eigenvalue weighted by atomic mass is 32.2. The van der Waals surface area contributed by atoms with Gasteiger partial charge in [0.05, 0.1) is 0 Å². The Balaban J connectivity index is 3.14. The lowest BCUT2D eigenvalue weighted by Gasteiger charge is -2.04. The molecule has 0 aliphatic rings. The molecule has 0 rings (SSSR count). The molecule has 1 atom stereocenters. The quantitative estimate of drug-likeness (QED) is 0.596. The fourth-order valence-corrected chi connectivity index (χ4v) is 1.53. The Bertz CT molecular complexity index is 130. The SMILES string of the molecule is CCSCCCC[C@H](N)C(=O)O. The molecule has 0 aromatic rings. The van der Waals surface area contributed by atoms with E-state index in [4.69, 9.17) is 10.8 Å². The minimum Gasteiger partial charge on any atom is -0.480 e. The summed E-state index contributed by atoms with van der Waals surface area (Å²) in [7, 11) is 0. The third-order valence-electron chi connectivity index (χ3n) is 1.58. The maximum atomic E-state index is 10.3. The molecule has 0 heterocycles. The topological polar surface area (TPSA) is 63.3 Å². The molecule has 0 aromatic heterocycles. The predicted molar refractivity (Wildman–Crippen MR) is 52.5 cm³/mol. The fourth-order valence-electron chi connectivity index (χ4n) is 0.836. The van der Waals surface area contributed by atoms with Crippen LogP contribution in [0.4, 0.5) is 0 Å². The number of carboxylic acid groups (broad SMARTS) is 1. The molecule has 0 saturated heterocycles. The number of nitrogens with two attached hydrogens (primary N) is 1. The smallest absolute Gasteiger partial charge is 0.320 e. The number of unbranched alkanes of at least 4 members (excludes halogenated alkanes) is 1. The largest absolute Gasteiger partial charge is 0.480 e. The average Bonchev–Trinajstić information content (AvgIpc) is 2.03. The third-order valence-corrected chi connectivity index (χ3v) is 2.56. The van der Waals surface area contributed by atoms with E-state index in [0.717, 1.165) is 24.3 Å². The van der Waals surface area contributed by atoms with Gasteiger partial charge in [-0.2, -0.15) is 11.8 Å². The first-order valence-electron chi connectivity index (χ1n) is 4.24. The first kappa shape index (κ1) is 11.8. The van der Waals surface area contributed by atoms with Crippen LogP contribution in [0.15, 0.2) is 0 Å². The van der Waals surface area contributed by atoms with E-state index in [1.165, 1.54) is 0 Å². The second-order valence-corrected chi connectivity index (χ2v) is 4.03. The molecule has 0 fully saturated rings. The highest BCUT2D eigenvalue weighted by Gasteiger charge is 2.09. The first-order chi connectivity index (χ1) is 5.68. The van der Waals surface area contributed by atoms with Gasteiger partial charge in [0.2, 0.25) is 0 Å². The van der Waals surface area contributed by atoms with Gasteiger partial charge in [-0.1, -0.05) is 13.3 Å². The van der Waals surface area contributed by atoms with Crippen molar-refractivity contribution >= 4 is 17.7 Å². The van der Waals surface area contributed by atoms with Gasteiger partial charge in [-0.3, -0.25) is 4.79 Å². The van der Waals surface area contributed by atoms with Crippen LogP contribution in [0.5, 0.6) is 0 Å². The number of rotatable bonds is 7. The van der Waals surface area contributed by atoms with Crippen molar-refractivity contribution in [3.05, 3.63) is 0 Å². The van der Waals surface area contributed by atoms with E-state index >= 15 is 0 Å². The normalized spacial score (nSPS) is 12.8. The Kier molecular flexibility index (Phi) is 7.29. The summed E-state index contributed by atoms with van der Waals surface area (Å²) in [5.41, 5.74) is 5.32. The van der Waals surface area contributed by atoms with Crippen LogP contribution in [-0.2, 0) is 4.79 Å². The van der Waals surface area contributed by atoms with Crippen molar-refractivity contribution in [1.29, 1.82) is 0 Å². The Morgan fingerprint density at radius 3 is 2.75 bits per heavy atom. The lowest BCUT2D eigenvalue weighted by atomic mass is 10.1. The van der Waals surface area contributed by atoms with Crippen LogP contribution in [0.2, 0.25) is 0 Å². The summed E-state index contributed by atoms with van der Waals surface area (Å²) in [6.45, 7) is 2.12. The molecule has 0 aromatic carbocycles. The van der Waals surface area contributed by atoms with Gasteiger partial charge in [0.25, 0.3) is 0 Å². The summed E-state index contributed by atoms with van der Waals surface area (Å²) in [5, 5.41) is 8.45. The molecule has 3 nitrogen and oxygen atoms in total. The second-order valence-electron chi connectivity index (χ2n) is 2.64. The van der Waals surface area contributed by atoms with Gasteiger partial charge in [0, 0.05) is 0 Å². The van der Waals surface area contributed by atoms with Crippen LogP contribution < -0.4 is 5.73 Å². The van der Waals surface area contributed by atoms with Crippen molar-refractivity contribution in [2.45, 2.75) is 32.2 Å². The monoisotopic (exact) mass is 191 g/mol. The second kappa shape index (κ2) is 7.43. The van der Waals surface area contributed by atoms with Crippen LogP contribution >= 0.6 is 11.8 Å². The maximum absolute atomic E-state index is 10.3. The molecule has 72 valence electrons. The van der Waals surface area contributed by atoms with Crippen LogP contribution in [0.3, 0.4) is 0 Å². The highest BCUT2D eigenvalue weighted by Crippen LogP contribution is 2.06. The van der Waals surface area contributed by atoms with Crippen LogP contribution in [0.1, 0.15) is 26.2 Å². The van der Waals surface area contributed by atoms with E-state index in [9.17, 15) is 4.79 Å². The highest BCUT2D eigenvalue weighted by molar-refractivity contribution is 7.99. The van der Waals surface area contributed by atoms with E-state index in [0.29, 0.717) is 6.42 Å². The van der Waals surface area contributed by atoms with Crippen LogP contribution in [0, 0.1) is 0 Å². The molecule has 0 spiro atoms. The van der Waals surface area contributed by atoms with Crippen molar-refractivity contribution < 1.29 is 9.90 Å². The van der Waals surface area contributed by atoms with Crippen molar-refractivity contribution in [3.63, 3.8) is 0 Å². The first-order valence-corrected chi connectivity index (χ1v) is 5.40. The molecule has 0 saturated carbocycles. The number of carbonyl (C=O) groups is 1. The molecular weight excluding hydrogens is 174 g/mol. The van der Waals surface area contributed by atoms with Gasteiger partial charge in [0.15, 0.2) is 0 Å². The van der Waals surface area contributed by atoms with Gasteiger partial charge in [0.1, 0.15) is 6.04 Å². The number of hydrogen-bond donors (Lipinski definition) is 2. The van der Waals surface area contributed by atoms with Crippen LogP contribution in [-0.4, -0.2) is 28.6 Å². The van der Waals surface area contributed by atoms with E-state index in [1.807, 2.05) is 11.8 Å². The van der Waals surface area contributed by atoms with Gasteiger partial charge < -0.3 is 10.8 Å².